The molecule has 0 amide bonds. The van der Waals surface area contributed by atoms with E-state index in [4.69, 9.17) is 4.74 Å². The van der Waals surface area contributed by atoms with Crippen LogP contribution in [0.1, 0.15) is 13.3 Å². The molecule has 0 spiro atoms. The molecule has 26 heavy (non-hydrogen) atoms. The number of alkyl halides is 3. The number of hydrogen-bond donors (Lipinski definition) is 1. The summed E-state index contributed by atoms with van der Waals surface area (Å²) in [6.45, 7) is 4.89. The molecule has 1 aromatic rings. The molecule has 1 fully saturated rings. The second-order valence-electron chi connectivity index (χ2n) is 5.92. The number of para-hydroxylation sites is 1. The van der Waals surface area contributed by atoms with Gasteiger partial charge in [0.05, 0.1) is 12.5 Å². The number of carbonyl (C=O) groups is 1. The maximum Gasteiger partial charge on any atom is 0.428 e. The third-order valence-electron chi connectivity index (χ3n) is 4.34. The Kier molecular flexibility index (Phi) is 6.30. The number of aliphatic hydroxyl groups is 1. The van der Waals surface area contributed by atoms with E-state index >= 15 is 0 Å². The molecule has 1 aliphatic heterocycles. The van der Waals surface area contributed by atoms with Crippen molar-refractivity contribution >= 4 is 11.7 Å². The van der Waals surface area contributed by atoms with Crippen LogP contribution in [-0.2, 0) is 14.3 Å². The van der Waals surface area contributed by atoms with Crippen molar-refractivity contribution in [3.8, 4) is 0 Å². The van der Waals surface area contributed by atoms with Crippen LogP contribution in [-0.4, -0.2) is 48.8 Å². The minimum Gasteiger partial charge on any atom is -0.464 e. The fraction of sp³-hybridized carbons (Fsp3) is 0.500. The van der Waals surface area contributed by atoms with Crippen LogP contribution in [0.25, 0.3) is 0 Å². The summed E-state index contributed by atoms with van der Waals surface area (Å²) in [4.78, 5) is 13.6. The highest BCUT2D eigenvalue weighted by molar-refractivity contribution is 5.81. The van der Waals surface area contributed by atoms with Gasteiger partial charge in [0, 0.05) is 18.8 Å². The number of nitrogens with zero attached hydrogens (tertiary/aromatic N) is 1. The van der Waals surface area contributed by atoms with Crippen LogP contribution in [0.5, 0.6) is 0 Å². The van der Waals surface area contributed by atoms with Gasteiger partial charge in [-0.1, -0.05) is 24.3 Å². The highest BCUT2D eigenvalue weighted by atomic mass is 19.4. The average Bonchev–Trinajstić information content (AvgIpc) is 3.08. The summed E-state index contributed by atoms with van der Waals surface area (Å²) in [5.41, 5.74) is -3.06. The largest absolute Gasteiger partial charge is 0.464 e. The summed E-state index contributed by atoms with van der Waals surface area (Å²) >= 11 is 0. The molecule has 0 unspecified atom stereocenters. The Morgan fingerprint density at radius 3 is 2.62 bits per heavy atom. The number of rotatable bonds is 7. The lowest BCUT2D eigenvalue weighted by molar-refractivity contribution is -0.282. The molecule has 144 valence electrons. The van der Waals surface area contributed by atoms with E-state index < -0.39 is 29.9 Å². The first-order valence-electron chi connectivity index (χ1n) is 8.27. The van der Waals surface area contributed by atoms with Crippen LogP contribution in [0.15, 0.2) is 43.0 Å². The molecule has 5 nitrogen and oxygen atoms in total. The molecular formula is C18H22F3NO4. The monoisotopic (exact) mass is 373 g/mol. The van der Waals surface area contributed by atoms with Crippen molar-refractivity contribution in [1.82, 2.24) is 0 Å². The normalized spacial score (nSPS) is 22.5. The second kappa shape index (κ2) is 8.09. The van der Waals surface area contributed by atoms with Crippen LogP contribution in [0.3, 0.4) is 0 Å². The first kappa shape index (κ1) is 20.3. The van der Waals surface area contributed by atoms with E-state index in [1.807, 2.05) is 0 Å². The smallest absolute Gasteiger partial charge is 0.428 e. The zero-order chi connectivity index (χ0) is 19.4. The van der Waals surface area contributed by atoms with Crippen molar-refractivity contribution in [2.75, 3.05) is 24.7 Å². The van der Waals surface area contributed by atoms with Crippen molar-refractivity contribution < 1.29 is 32.5 Å². The van der Waals surface area contributed by atoms with E-state index in [1.165, 1.54) is 13.0 Å². The average molecular weight is 373 g/mol. The Hall–Kier alpha value is -2.06. The summed E-state index contributed by atoms with van der Waals surface area (Å²) in [7, 11) is 0. The Labute approximate surface area is 150 Å². The van der Waals surface area contributed by atoms with Crippen molar-refractivity contribution in [2.45, 2.75) is 31.3 Å². The Morgan fingerprint density at radius 1 is 1.42 bits per heavy atom. The molecule has 0 aliphatic carbocycles. The van der Waals surface area contributed by atoms with E-state index in [1.54, 1.807) is 35.2 Å². The SMILES string of the molecule is C=CCN(c1ccccc1)[C@@H]1OCC[C@H]1[C@](O)(C(=O)OCC)C(F)(F)F. The van der Waals surface area contributed by atoms with Gasteiger partial charge in [-0.3, -0.25) is 0 Å². The predicted molar refractivity (Wildman–Crippen MR) is 89.5 cm³/mol. The Bertz CT molecular complexity index is 623. The summed E-state index contributed by atoms with van der Waals surface area (Å²) in [5, 5.41) is 10.4. The van der Waals surface area contributed by atoms with E-state index in [9.17, 15) is 23.1 Å². The molecule has 0 bridgehead atoms. The molecule has 0 radical (unpaired) electrons. The third-order valence-corrected chi connectivity index (χ3v) is 4.34. The van der Waals surface area contributed by atoms with Crippen LogP contribution >= 0.6 is 0 Å². The van der Waals surface area contributed by atoms with E-state index in [0.29, 0.717) is 5.69 Å². The molecule has 0 aromatic heterocycles. The van der Waals surface area contributed by atoms with Gasteiger partial charge in [-0.15, -0.1) is 6.58 Å². The number of esters is 1. The lowest BCUT2D eigenvalue weighted by Crippen LogP contribution is -2.62. The number of hydrogen-bond acceptors (Lipinski definition) is 5. The minimum atomic E-state index is -5.20. The van der Waals surface area contributed by atoms with Gasteiger partial charge in [0.2, 0.25) is 0 Å². The van der Waals surface area contributed by atoms with Crippen LogP contribution in [0, 0.1) is 5.92 Å². The van der Waals surface area contributed by atoms with Crippen molar-refractivity contribution in [3.63, 3.8) is 0 Å². The summed E-state index contributed by atoms with van der Waals surface area (Å²) in [5.74, 6) is -3.25. The molecule has 0 saturated carbocycles. The minimum absolute atomic E-state index is 0.0202. The first-order valence-corrected chi connectivity index (χ1v) is 8.27. The molecule has 3 atom stereocenters. The predicted octanol–water partition coefficient (Wildman–Crippen LogP) is 2.90. The fourth-order valence-electron chi connectivity index (χ4n) is 3.13. The van der Waals surface area contributed by atoms with Gasteiger partial charge in [0.15, 0.2) is 0 Å². The van der Waals surface area contributed by atoms with E-state index in [-0.39, 0.29) is 26.2 Å². The van der Waals surface area contributed by atoms with E-state index in [0.717, 1.165) is 0 Å². The number of ether oxygens (including phenoxy) is 2. The Balaban J connectivity index is 2.45. The van der Waals surface area contributed by atoms with Crippen LogP contribution in [0.2, 0.25) is 0 Å². The molecule has 8 heteroatoms. The maximum atomic E-state index is 13.7. The molecule has 2 rings (SSSR count). The lowest BCUT2D eigenvalue weighted by atomic mass is 9.83. The summed E-state index contributed by atoms with van der Waals surface area (Å²) in [6.07, 6.45) is -4.98. The molecule has 1 saturated heterocycles. The summed E-state index contributed by atoms with van der Waals surface area (Å²) in [6, 6.07) is 8.65. The van der Waals surface area contributed by atoms with Crippen molar-refractivity contribution in [3.05, 3.63) is 43.0 Å². The number of anilines is 1. The molecule has 1 N–H and O–H groups in total. The van der Waals surface area contributed by atoms with Gasteiger partial charge in [0.25, 0.3) is 5.60 Å². The van der Waals surface area contributed by atoms with Gasteiger partial charge in [-0.05, 0) is 25.5 Å². The zero-order valence-corrected chi connectivity index (χ0v) is 14.4. The van der Waals surface area contributed by atoms with Gasteiger partial charge in [0.1, 0.15) is 6.23 Å². The number of halogens is 3. The first-order chi connectivity index (χ1) is 12.3. The third kappa shape index (κ3) is 3.71. The summed E-state index contributed by atoms with van der Waals surface area (Å²) < 4.78 is 51.2. The van der Waals surface area contributed by atoms with Crippen LogP contribution in [0.4, 0.5) is 18.9 Å². The number of benzene rings is 1. The van der Waals surface area contributed by atoms with Gasteiger partial charge >= 0.3 is 12.1 Å². The maximum absolute atomic E-state index is 13.7. The topological polar surface area (TPSA) is 59.0 Å². The number of carbonyl (C=O) groups excluding carboxylic acids is 1. The quantitative estimate of drug-likeness (QED) is 0.588. The van der Waals surface area contributed by atoms with E-state index in [2.05, 4.69) is 11.3 Å². The standard InChI is InChI=1S/C18H22F3NO4/c1-3-11-22(13-8-6-5-7-9-13)15-14(10-12-26-15)17(24,18(19,20)21)16(23)25-4-2/h3,5-9,14-15,24H,1,4,10-12H2,2H3/t14-,15-,17+/m1/s1. The van der Waals surface area contributed by atoms with Gasteiger partial charge in [-0.2, -0.15) is 13.2 Å². The Morgan fingerprint density at radius 2 is 2.08 bits per heavy atom. The van der Waals surface area contributed by atoms with Crippen molar-refractivity contribution in [2.24, 2.45) is 5.92 Å². The fourth-order valence-corrected chi connectivity index (χ4v) is 3.13. The van der Waals surface area contributed by atoms with Crippen LogP contribution < -0.4 is 4.90 Å². The highest BCUT2D eigenvalue weighted by Crippen LogP contribution is 2.45. The molecule has 1 aliphatic rings. The zero-order valence-electron chi connectivity index (χ0n) is 14.4. The molecule has 1 aromatic carbocycles. The van der Waals surface area contributed by atoms with Crippen molar-refractivity contribution in [1.29, 1.82) is 0 Å². The molecule has 1 heterocycles. The van der Waals surface area contributed by atoms with Gasteiger partial charge in [-0.25, -0.2) is 4.79 Å². The molecular weight excluding hydrogens is 351 g/mol. The second-order valence-corrected chi connectivity index (χ2v) is 5.92. The van der Waals surface area contributed by atoms with Gasteiger partial charge < -0.3 is 19.5 Å². The highest BCUT2D eigenvalue weighted by Gasteiger charge is 2.68. The lowest BCUT2D eigenvalue weighted by Gasteiger charge is -2.40.